The van der Waals surface area contributed by atoms with E-state index in [-0.39, 0.29) is 31.3 Å². The zero-order valence-corrected chi connectivity index (χ0v) is 13.5. The van der Waals surface area contributed by atoms with Crippen LogP contribution in [0.25, 0.3) is 0 Å². The minimum absolute atomic E-state index is 0.0202. The second-order valence-corrected chi connectivity index (χ2v) is 5.75. The molecule has 0 atom stereocenters. The number of aryl methyl sites for hydroxylation is 1. The molecule has 1 aliphatic heterocycles. The van der Waals surface area contributed by atoms with Crippen molar-refractivity contribution < 1.29 is 19.1 Å². The molecule has 0 fully saturated rings. The molecule has 0 saturated heterocycles. The smallest absolute Gasteiger partial charge is 0.231 e. The number of hydrogen-bond donors (Lipinski definition) is 1. The molecule has 0 unspecified atom stereocenters. The zero-order chi connectivity index (χ0) is 16.9. The maximum Gasteiger partial charge on any atom is 0.231 e. The molecule has 24 heavy (non-hydrogen) atoms. The van der Waals surface area contributed by atoms with E-state index in [0.29, 0.717) is 23.6 Å². The van der Waals surface area contributed by atoms with Crippen molar-refractivity contribution in [3.05, 3.63) is 59.2 Å². The summed E-state index contributed by atoms with van der Waals surface area (Å²) >= 11 is 0. The van der Waals surface area contributed by atoms with Crippen LogP contribution in [-0.4, -0.2) is 18.5 Å². The number of ether oxygens (including phenoxy) is 2. The van der Waals surface area contributed by atoms with Crippen molar-refractivity contribution in [3.8, 4) is 11.5 Å². The highest BCUT2D eigenvalue weighted by Crippen LogP contribution is 2.32. The van der Waals surface area contributed by atoms with Crippen LogP contribution in [0.4, 0.5) is 0 Å². The number of amides is 1. The van der Waals surface area contributed by atoms with Gasteiger partial charge in [0.25, 0.3) is 0 Å². The summed E-state index contributed by atoms with van der Waals surface area (Å²) < 4.78 is 10.5. The second kappa shape index (κ2) is 7.17. The Morgan fingerprint density at radius 3 is 2.54 bits per heavy atom. The molecule has 0 aromatic heterocycles. The van der Waals surface area contributed by atoms with Gasteiger partial charge >= 0.3 is 0 Å². The number of rotatable bonds is 6. The van der Waals surface area contributed by atoms with E-state index in [1.54, 1.807) is 12.1 Å². The van der Waals surface area contributed by atoms with Gasteiger partial charge < -0.3 is 14.8 Å². The van der Waals surface area contributed by atoms with Crippen molar-refractivity contribution in [3.63, 3.8) is 0 Å². The minimum atomic E-state index is -0.145. The van der Waals surface area contributed by atoms with E-state index in [9.17, 15) is 9.59 Å². The first-order valence-corrected chi connectivity index (χ1v) is 7.87. The lowest BCUT2D eigenvalue weighted by Crippen LogP contribution is -2.23. The summed E-state index contributed by atoms with van der Waals surface area (Å²) in [5, 5.41) is 2.82. The number of nitrogens with one attached hydrogen (secondary N) is 1. The summed E-state index contributed by atoms with van der Waals surface area (Å²) in [5.41, 5.74) is 2.68. The predicted molar refractivity (Wildman–Crippen MR) is 89.2 cm³/mol. The first-order chi connectivity index (χ1) is 11.6. The SMILES string of the molecule is Cc1ccc(C(=O)CCC(=O)NCc2ccc3c(c2)OCO3)cc1. The van der Waals surface area contributed by atoms with E-state index in [4.69, 9.17) is 9.47 Å². The molecule has 5 nitrogen and oxygen atoms in total. The molecule has 2 aromatic carbocycles. The summed E-state index contributed by atoms with van der Waals surface area (Å²) in [7, 11) is 0. The van der Waals surface area contributed by atoms with Crippen LogP contribution in [0.3, 0.4) is 0 Å². The molecule has 1 amide bonds. The van der Waals surface area contributed by atoms with Crippen LogP contribution in [0.1, 0.15) is 34.3 Å². The lowest BCUT2D eigenvalue weighted by Gasteiger charge is -2.06. The van der Waals surface area contributed by atoms with Crippen molar-refractivity contribution in [1.29, 1.82) is 0 Å². The zero-order valence-electron chi connectivity index (χ0n) is 13.5. The molecule has 1 N–H and O–H groups in total. The van der Waals surface area contributed by atoms with Gasteiger partial charge in [0.2, 0.25) is 12.7 Å². The van der Waals surface area contributed by atoms with Crippen molar-refractivity contribution in [2.75, 3.05) is 6.79 Å². The minimum Gasteiger partial charge on any atom is -0.454 e. The van der Waals surface area contributed by atoms with Gasteiger partial charge in [-0.15, -0.1) is 0 Å². The molecule has 1 heterocycles. The Bertz CT molecular complexity index is 752. The van der Waals surface area contributed by atoms with E-state index in [0.717, 1.165) is 11.1 Å². The number of benzene rings is 2. The van der Waals surface area contributed by atoms with Gasteiger partial charge in [-0.3, -0.25) is 9.59 Å². The van der Waals surface area contributed by atoms with Crippen molar-refractivity contribution in [2.24, 2.45) is 0 Å². The van der Waals surface area contributed by atoms with Gasteiger partial charge in [0, 0.05) is 24.9 Å². The predicted octanol–water partition coefficient (Wildman–Crippen LogP) is 3.00. The maximum atomic E-state index is 12.1. The summed E-state index contributed by atoms with van der Waals surface area (Å²) in [6, 6.07) is 12.9. The van der Waals surface area contributed by atoms with Crippen molar-refractivity contribution in [2.45, 2.75) is 26.3 Å². The van der Waals surface area contributed by atoms with E-state index in [2.05, 4.69) is 5.32 Å². The fourth-order valence-corrected chi connectivity index (χ4v) is 2.45. The van der Waals surface area contributed by atoms with Gasteiger partial charge in [0.05, 0.1) is 0 Å². The van der Waals surface area contributed by atoms with Crippen molar-refractivity contribution in [1.82, 2.24) is 5.32 Å². The van der Waals surface area contributed by atoms with Gasteiger partial charge in [-0.25, -0.2) is 0 Å². The lowest BCUT2D eigenvalue weighted by atomic mass is 10.0. The van der Waals surface area contributed by atoms with Crippen LogP contribution in [0, 0.1) is 6.92 Å². The number of ketones is 1. The number of hydrogen-bond acceptors (Lipinski definition) is 4. The number of fused-ring (bicyclic) bond motifs is 1. The average molecular weight is 325 g/mol. The Morgan fingerprint density at radius 2 is 1.75 bits per heavy atom. The largest absolute Gasteiger partial charge is 0.454 e. The van der Waals surface area contributed by atoms with E-state index >= 15 is 0 Å². The van der Waals surface area contributed by atoms with Crippen LogP contribution in [-0.2, 0) is 11.3 Å². The van der Waals surface area contributed by atoms with Crippen molar-refractivity contribution >= 4 is 11.7 Å². The first kappa shape index (κ1) is 16.1. The molecule has 0 bridgehead atoms. The van der Waals surface area contributed by atoms with Gasteiger partial charge in [-0.05, 0) is 24.6 Å². The molecule has 3 rings (SSSR count). The van der Waals surface area contributed by atoms with Gasteiger partial charge in [0.1, 0.15) is 0 Å². The van der Waals surface area contributed by atoms with Gasteiger partial charge in [-0.2, -0.15) is 0 Å². The topological polar surface area (TPSA) is 64.6 Å². The molecule has 0 radical (unpaired) electrons. The normalized spacial score (nSPS) is 12.0. The first-order valence-electron chi connectivity index (χ1n) is 7.87. The Kier molecular flexibility index (Phi) is 4.79. The third-order valence-electron chi connectivity index (χ3n) is 3.88. The fourth-order valence-electron chi connectivity index (χ4n) is 2.45. The number of carbonyl (C=O) groups is 2. The van der Waals surface area contributed by atoms with E-state index in [1.165, 1.54) is 0 Å². The van der Waals surface area contributed by atoms with Crippen LogP contribution >= 0.6 is 0 Å². The third kappa shape index (κ3) is 3.93. The second-order valence-electron chi connectivity index (χ2n) is 5.75. The number of carbonyl (C=O) groups excluding carboxylic acids is 2. The van der Waals surface area contributed by atoms with E-state index < -0.39 is 0 Å². The van der Waals surface area contributed by atoms with Crippen LogP contribution in [0.2, 0.25) is 0 Å². The monoisotopic (exact) mass is 325 g/mol. The summed E-state index contributed by atoms with van der Waals surface area (Å²) in [4.78, 5) is 24.0. The summed E-state index contributed by atoms with van der Waals surface area (Å²) in [5.74, 6) is 1.24. The van der Waals surface area contributed by atoms with Crippen LogP contribution in [0.5, 0.6) is 11.5 Å². The molecule has 0 saturated carbocycles. The summed E-state index contributed by atoms with van der Waals surface area (Å²) in [6.45, 7) is 2.60. The standard InChI is InChI=1S/C19H19NO4/c1-13-2-5-15(6-3-13)16(21)7-9-19(22)20-11-14-4-8-17-18(10-14)24-12-23-17/h2-6,8,10H,7,9,11-12H2,1H3,(H,20,22). The summed E-state index contributed by atoms with van der Waals surface area (Å²) in [6.07, 6.45) is 0.382. The van der Waals surface area contributed by atoms with Gasteiger partial charge in [0.15, 0.2) is 17.3 Å². The molecular weight excluding hydrogens is 306 g/mol. The highest BCUT2D eigenvalue weighted by atomic mass is 16.7. The van der Waals surface area contributed by atoms with E-state index in [1.807, 2.05) is 37.3 Å². The highest BCUT2D eigenvalue weighted by molar-refractivity contribution is 5.97. The fraction of sp³-hybridized carbons (Fsp3) is 0.263. The Balaban J connectivity index is 1.46. The Hall–Kier alpha value is -2.82. The lowest BCUT2D eigenvalue weighted by molar-refractivity contribution is -0.121. The molecule has 5 heteroatoms. The molecule has 124 valence electrons. The van der Waals surface area contributed by atoms with Crippen LogP contribution in [0.15, 0.2) is 42.5 Å². The van der Waals surface area contributed by atoms with Gasteiger partial charge in [-0.1, -0.05) is 35.9 Å². The quantitative estimate of drug-likeness (QED) is 0.829. The maximum absolute atomic E-state index is 12.1. The highest BCUT2D eigenvalue weighted by Gasteiger charge is 2.14. The molecule has 1 aliphatic rings. The molecular formula is C19H19NO4. The Labute approximate surface area is 140 Å². The third-order valence-corrected chi connectivity index (χ3v) is 3.88. The van der Waals surface area contributed by atoms with Crippen LogP contribution < -0.4 is 14.8 Å². The Morgan fingerprint density at radius 1 is 1.00 bits per heavy atom. The molecule has 0 aliphatic carbocycles. The number of Topliss-reactive ketones (excluding diaryl/α,β-unsaturated/α-hetero) is 1. The average Bonchev–Trinajstić information content (AvgIpc) is 3.06. The molecule has 0 spiro atoms. The molecule has 2 aromatic rings.